The zero-order chi connectivity index (χ0) is 18.2. The Kier molecular flexibility index (Phi) is 7.22. The quantitative estimate of drug-likeness (QED) is 0.742. The third kappa shape index (κ3) is 6.03. The first-order valence-electron chi connectivity index (χ1n) is 8.22. The van der Waals surface area contributed by atoms with Gasteiger partial charge >= 0.3 is 0 Å². The lowest BCUT2D eigenvalue weighted by molar-refractivity contribution is -0.116. The molecular weight excluding hydrogens is 343 g/mol. The normalized spacial score (nSPS) is 11.8. The highest BCUT2D eigenvalue weighted by molar-refractivity contribution is 6.30. The molecule has 1 unspecified atom stereocenters. The fraction of sp³-hybridized carbons (Fsp3) is 0.316. The van der Waals surface area contributed by atoms with E-state index in [4.69, 9.17) is 11.6 Å². The topological polar surface area (TPSA) is 52.6 Å². The van der Waals surface area contributed by atoms with Crippen molar-refractivity contribution in [2.45, 2.75) is 25.9 Å². The highest BCUT2D eigenvalue weighted by Crippen LogP contribution is 2.19. The summed E-state index contributed by atoms with van der Waals surface area (Å²) in [4.78, 5) is 14.1. The average Bonchev–Trinajstić information content (AvgIpc) is 2.61. The van der Waals surface area contributed by atoms with Gasteiger partial charge in [-0.15, -0.1) is 0 Å². The number of nitrogens with one attached hydrogen (secondary N) is 1. The van der Waals surface area contributed by atoms with Gasteiger partial charge in [0, 0.05) is 30.2 Å². The zero-order valence-corrected chi connectivity index (χ0v) is 14.8. The second-order valence-corrected chi connectivity index (χ2v) is 6.20. The van der Waals surface area contributed by atoms with Crippen molar-refractivity contribution in [3.05, 3.63) is 59.4 Å². The average molecular weight is 365 g/mol. The number of halogens is 2. The number of hydrogen-bond acceptors (Lipinski definition) is 3. The molecule has 1 amide bonds. The molecule has 2 aromatic carbocycles. The molecule has 6 heteroatoms. The maximum atomic E-state index is 13.7. The zero-order valence-electron chi connectivity index (χ0n) is 14.1. The van der Waals surface area contributed by atoms with Gasteiger partial charge in [0.05, 0.1) is 11.8 Å². The monoisotopic (exact) mass is 364 g/mol. The van der Waals surface area contributed by atoms with E-state index in [1.165, 1.54) is 12.1 Å². The summed E-state index contributed by atoms with van der Waals surface area (Å²) >= 11 is 5.70. The van der Waals surface area contributed by atoms with Crippen molar-refractivity contribution in [1.29, 1.82) is 0 Å². The number of para-hydroxylation sites is 1. The lowest BCUT2D eigenvalue weighted by Crippen LogP contribution is -2.34. The Morgan fingerprint density at radius 3 is 2.64 bits per heavy atom. The van der Waals surface area contributed by atoms with E-state index >= 15 is 0 Å². The van der Waals surface area contributed by atoms with Gasteiger partial charge in [0.25, 0.3) is 0 Å². The number of carbonyl (C=O) groups is 1. The third-order valence-electron chi connectivity index (χ3n) is 3.84. The minimum Gasteiger partial charge on any atom is -0.391 e. The molecule has 25 heavy (non-hydrogen) atoms. The van der Waals surface area contributed by atoms with E-state index in [1.54, 1.807) is 0 Å². The molecule has 0 aromatic heterocycles. The van der Waals surface area contributed by atoms with Crippen molar-refractivity contribution >= 4 is 28.9 Å². The van der Waals surface area contributed by atoms with Crippen LogP contribution in [0.15, 0.2) is 48.5 Å². The highest BCUT2D eigenvalue weighted by Gasteiger charge is 2.14. The maximum Gasteiger partial charge on any atom is 0.226 e. The summed E-state index contributed by atoms with van der Waals surface area (Å²) in [7, 11) is 0. The van der Waals surface area contributed by atoms with E-state index < -0.39 is 11.9 Å². The van der Waals surface area contributed by atoms with Gasteiger partial charge in [-0.3, -0.25) is 4.79 Å². The lowest BCUT2D eigenvalue weighted by Gasteiger charge is -2.27. The molecule has 2 rings (SSSR count). The molecule has 2 aromatic rings. The Bertz CT molecular complexity index is 697. The number of benzene rings is 2. The summed E-state index contributed by atoms with van der Waals surface area (Å²) in [5.74, 6) is -0.865. The van der Waals surface area contributed by atoms with E-state index in [9.17, 15) is 14.3 Å². The van der Waals surface area contributed by atoms with Crippen LogP contribution in [0.5, 0.6) is 0 Å². The number of anilines is 2. The van der Waals surface area contributed by atoms with E-state index in [0.29, 0.717) is 19.5 Å². The molecule has 0 radical (unpaired) electrons. The molecule has 0 aliphatic heterocycles. The third-order valence-corrected chi connectivity index (χ3v) is 4.07. The molecule has 0 fully saturated rings. The SMILES string of the molecule is CCC(O)CN(CCC(=O)Nc1ccc(Cl)cc1F)c1ccccc1. The van der Waals surface area contributed by atoms with Crippen LogP contribution in [0, 0.1) is 5.82 Å². The number of aliphatic hydroxyl groups is 1. The van der Waals surface area contributed by atoms with Crippen LogP contribution in [-0.2, 0) is 4.79 Å². The second kappa shape index (κ2) is 9.39. The Morgan fingerprint density at radius 1 is 1.28 bits per heavy atom. The van der Waals surface area contributed by atoms with E-state index in [2.05, 4.69) is 5.32 Å². The molecule has 0 bridgehead atoms. The summed E-state index contributed by atoms with van der Waals surface area (Å²) in [5, 5.41) is 12.8. The number of aliphatic hydroxyl groups excluding tert-OH is 1. The van der Waals surface area contributed by atoms with Crippen molar-refractivity contribution in [3.63, 3.8) is 0 Å². The predicted octanol–water partition coefficient (Wildman–Crippen LogP) is 4.09. The number of nitrogens with zero attached hydrogens (tertiary/aromatic N) is 1. The Balaban J connectivity index is 1.98. The first kappa shape index (κ1) is 19.2. The molecule has 0 saturated carbocycles. The molecule has 134 valence electrons. The van der Waals surface area contributed by atoms with Crippen molar-refractivity contribution in [2.24, 2.45) is 0 Å². The van der Waals surface area contributed by atoms with Gasteiger partial charge in [0.1, 0.15) is 5.82 Å². The Hall–Kier alpha value is -2.11. The minimum atomic E-state index is -0.567. The number of hydrogen-bond donors (Lipinski definition) is 2. The smallest absolute Gasteiger partial charge is 0.226 e. The standard InChI is InChI=1S/C19H22ClFN2O2/c1-2-16(24)13-23(15-6-4-3-5-7-15)11-10-19(25)22-18-9-8-14(20)12-17(18)21/h3-9,12,16,24H,2,10-11,13H2,1H3,(H,22,25). The van der Waals surface area contributed by atoms with Gasteiger partial charge in [0.2, 0.25) is 5.91 Å². The van der Waals surface area contributed by atoms with Crippen molar-refractivity contribution in [3.8, 4) is 0 Å². The van der Waals surface area contributed by atoms with E-state index in [0.717, 1.165) is 11.8 Å². The van der Waals surface area contributed by atoms with Crippen molar-refractivity contribution in [2.75, 3.05) is 23.3 Å². The van der Waals surface area contributed by atoms with Gasteiger partial charge in [0.15, 0.2) is 0 Å². The summed E-state index contributed by atoms with van der Waals surface area (Å²) < 4.78 is 13.7. The second-order valence-electron chi connectivity index (χ2n) is 5.77. The molecule has 0 spiro atoms. The summed E-state index contributed by atoms with van der Waals surface area (Å²) in [6, 6.07) is 13.7. The van der Waals surface area contributed by atoms with Crippen LogP contribution in [0.4, 0.5) is 15.8 Å². The van der Waals surface area contributed by atoms with Crippen LogP contribution in [0.2, 0.25) is 5.02 Å². The van der Waals surface area contributed by atoms with Gasteiger partial charge < -0.3 is 15.3 Å². The van der Waals surface area contributed by atoms with Gasteiger partial charge in [-0.2, -0.15) is 0 Å². The van der Waals surface area contributed by atoms with Gasteiger partial charge in [-0.25, -0.2) is 4.39 Å². The van der Waals surface area contributed by atoms with Crippen LogP contribution in [0.3, 0.4) is 0 Å². The van der Waals surface area contributed by atoms with Crippen LogP contribution < -0.4 is 10.2 Å². The number of carbonyl (C=O) groups excluding carboxylic acids is 1. The van der Waals surface area contributed by atoms with Crippen LogP contribution in [0.1, 0.15) is 19.8 Å². The van der Waals surface area contributed by atoms with Crippen molar-refractivity contribution < 1.29 is 14.3 Å². The summed E-state index contributed by atoms with van der Waals surface area (Å²) in [6.07, 6.45) is 0.329. The first-order chi connectivity index (χ1) is 12.0. The fourth-order valence-electron chi connectivity index (χ4n) is 2.39. The largest absolute Gasteiger partial charge is 0.391 e. The lowest BCUT2D eigenvalue weighted by atomic mass is 10.2. The minimum absolute atomic E-state index is 0.106. The first-order valence-corrected chi connectivity index (χ1v) is 8.60. The van der Waals surface area contributed by atoms with E-state index in [-0.39, 0.29) is 23.0 Å². The molecule has 0 aliphatic carbocycles. The van der Waals surface area contributed by atoms with Gasteiger partial charge in [-0.05, 0) is 36.8 Å². The Labute approximate surface area is 152 Å². The number of amides is 1. The number of rotatable bonds is 8. The van der Waals surface area contributed by atoms with Gasteiger partial charge in [-0.1, -0.05) is 36.7 Å². The van der Waals surface area contributed by atoms with Crippen LogP contribution >= 0.6 is 11.6 Å². The molecule has 0 aliphatic rings. The molecule has 0 heterocycles. The molecule has 2 N–H and O–H groups in total. The van der Waals surface area contributed by atoms with Crippen molar-refractivity contribution in [1.82, 2.24) is 0 Å². The highest BCUT2D eigenvalue weighted by atomic mass is 35.5. The fourth-order valence-corrected chi connectivity index (χ4v) is 2.55. The molecule has 0 saturated heterocycles. The summed E-state index contributed by atoms with van der Waals surface area (Å²) in [5.41, 5.74) is 1.04. The molecular formula is C19H22ClFN2O2. The van der Waals surface area contributed by atoms with E-state index in [1.807, 2.05) is 42.2 Å². The maximum absolute atomic E-state index is 13.7. The summed E-state index contributed by atoms with van der Waals surface area (Å²) in [6.45, 7) is 2.76. The van der Waals surface area contributed by atoms with Crippen LogP contribution in [-0.4, -0.2) is 30.2 Å². The Morgan fingerprint density at radius 2 is 2.00 bits per heavy atom. The predicted molar refractivity (Wildman–Crippen MR) is 99.6 cm³/mol. The molecule has 4 nitrogen and oxygen atoms in total. The van der Waals surface area contributed by atoms with Crippen LogP contribution in [0.25, 0.3) is 0 Å². The molecule has 1 atom stereocenters.